The Labute approximate surface area is 89.1 Å². The largest absolute Gasteiger partial charge is 0.319 e. The SMILES string of the molecule is CCC(C)(CNC)CN1CCC(C)C1. The Bertz CT molecular complexity index is 170. The van der Waals surface area contributed by atoms with E-state index in [1.54, 1.807) is 0 Å². The van der Waals surface area contributed by atoms with Gasteiger partial charge in [-0.15, -0.1) is 0 Å². The summed E-state index contributed by atoms with van der Waals surface area (Å²) >= 11 is 0. The van der Waals surface area contributed by atoms with Crippen molar-refractivity contribution in [3.8, 4) is 0 Å². The summed E-state index contributed by atoms with van der Waals surface area (Å²) in [5.74, 6) is 0.908. The molecule has 14 heavy (non-hydrogen) atoms. The topological polar surface area (TPSA) is 15.3 Å². The van der Waals surface area contributed by atoms with E-state index in [1.165, 1.54) is 32.5 Å². The molecule has 0 bridgehead atoms. The molecule has 0 spiro atoms. The van der Waals surface area contributed by atoms with Crippen molar-refractivity contribution in [3.63, 3.8) is 0 Å². The van der Waals surface area contributed by atoms with Gasteiger partial charge in [0.15, 0.2) is 0 Å². The molecule has 0 aromatic heterocycles. The van der Waals surface area contributed by atoms with Crippen LogP contribution in [-0.4, -0.2) is 38.1 Å². The van der Waals surface area contributed by atoms with Gasteiger partial charge < -0.3 is 10.2 Å². The minimum Gasteiger partial charge on any atom is -0.319 e. The molecule has 84 valence electrons. The van der Waals surface area contributed by atoms with Gasteiger partial charge >= 0.3 is 0 Å². The molecule has 2 heteroatoms. The lowest BCUT2D eigenvalue weighted by atomic mass is 9.87. The Morgan fingerprint density at radius 3 is 2.64 bits per heavy atom. The van der Waals surface area contributed by atoms with Crippen LogP contribution in [0.3, 0.4) is 0 Å². The maximum Gasteiger partial charge on any atom is 0.00475 e. The van der Waals surface area contributed by atoms with Gasteiger partial charge in [-0.3, -0.25) is 0 Å². The third kappa shape index (κ3) is 3.25. The lowest BCUT2D eigenvalue weighted by Gasteiger charge is -2.32. The van der Waals surface area contributed by atoms with Gasteiger partial charge in [0.1, 0.15) is 0 Å². The second-order valence-electron chi connectivity index (χ2n) is 5.32. The summed E-state index contributed by atoms with van der Waals surface area (Å²) in [5, 5.41) is 3.32. The molecule has 1 aliphatic heterocycles. The standard InChI is InChI=1S/C12H26N2/c1-5-12(3,9-13-4)10-14-7-6-11(2)8-14/h11,13H,5-10H2,1-4H3. The predicted octanol–water partition coefficient (Wildman–Crippen LogP) is 1.96. The third-order valence-electron chi connectivity index (χ3n) is 3.57. The quantitative estimate of drug-likeness (QED) is 0.726. The fraction of sp³-hybridized carbons (Fsp3) is 1.00. The highest BCUT2D eigenvalue weighted by Gasteiger charge is 2.27. The molecule has 1 aliphatic rings. The molecule has 0 amide bonds. The zero-order valence-corrected chi connectivity index (χ0v) is 10.3. The van der Waals surface area contributed by atoms with Crippen LogP contribution in [0.25, 0.3) is 0 Å². The molecule has 1 heterocycles. The molecule has 1 rings (SSSR count). The lowest BCUT2D eigenvalue weighted by molar-refractivity contribution is 0.179. The Morgan fingerprint density at radius 2 is 2.21 bits per heavy atom. The van der Waals surface area contributed by atoms with Gasteiger partial charge in [0.25, 0.3) is 0 Å². The number of hydrogen-bond acceptors (Lipinski definition) is 2. The molecule has 0 aromatic rings. The summed E-state index contributed by atoms with van der Waals surface area (Å²) < 4.78 is 0. The summed E-state index contributed by atoms with van der Waals surface area (Å²) in [5.41, 5.74) is 0.457. The first-order valence-corrected chi connectivity index (χ1v) is 5.96. The van der Waals surface area contributed by atoms with Crippen molar-refractivity contribution in [1.82, 2.24) is 10.2 Å². The number of nitrogens with zero attached hydrogens (tertiary/aromatic N) is 1. The number of nitrogens with one attached hydrogen (secondary N) is 1. The normalized spacial score (nSPS) is 27.9. The zero-order valence-electron chi connectivity index (χ0n) is 10.3. The van der Waals surface area contributed by atoms with Gasteiger partial charge in [-0.05, 0) is 37.8 Å². The van der Waals surface area contributed by atoms with Crippen LogP contribution in [0.15, 0.2) is 0 Å². The number of likely N-dealkylation sites (tertiary alicyclic amines) is 1. The van der Waals surface area contributed by atoms with Crippen molar-refractivity contribution >= 4 is 0 Å². The Hall–Kier alpha value is -0.0800. The lowest BCUT2D eigenvalue weighted by Crippen LogP contribution is -2.40. The first-order valence-electron chi connectivity index (χ1n) is 5.96. The predicted molar refractivity (Wildman–Crippen MR) is 62.5 cm³/mol. The summed E-state index contributed by atoms with van der Waals surface area (Å²) in [4.78, 5) is 2.63. The molecule has 0 saturated carbocycles. The van der Waals surface area contributed by atoms with Crippen molar-refractivity contribution < 1.29 is 0 Å². The van der Waals surface area contributed by atoms with E-state index in [2.05, 4.69) is 38.0 Å². The first kappa shape index (κ1) is 12.0. The second-order valence-corrected chi connectivity index (χ2v) is 5.32. The smallest absolute Gasteiger partial charge is 0.00475 e. The number of rotatable bonds is 5. The van der Waals surface area contributed by atoms with Crippen LogP contribution in [0.5, 0.6) is 0 Å². The van der Waals surface area contributed by atoms with Gasteiger partial charge in [0.05, 0.1) is 0 Å². The van der Waals surface area contributed by atoms with Crippen molar-refractivity contribution in [2.45, 2.75) is 33.6 Å². The third-order valence-corrected chi connectivity index (χ3v) is 3.57. The molecular formula is C12H26N2. The molecule has 1 N–H and O–H groups in total. The van der Waals surface area contributed by atoms with Crippen molar-refractivity contribution in [3.05, 3.63) is 0 Å². The van der Waals surface area contributed by atoms with Crippen molar-refractivity contribution in [1.29, 1.82) is 0 Å². The van der Waals surface area contributed by atoms with E-state index in [-0.39, 0.29) is 0 Å². The van der Waals surface area contributed by atoms with Crippen LogP contribution in [-0.2, 0) is 0 Å². The first-order chi connectivity index (χ1) is 6.59. The van der Waals surface area contributed by atoms with Crippen molar-refractivity contribution in [2.24, 2.45) is 11.3 Å². The minimum absolute atomic E-state index is 0.457. The molecule has 0 radical (unpaired) electrons. The summed E-state index contributed by atoms with van der Waals surface area (Å²) in [6.45, 7) is 12.1. The zero-order chi connectivity index (χ0) is 10.6. The minimum atomic E-state index is 0.457. The Balaban J connectivity index is 2.39. The van der Waals surface area contributed by atoms with E-state index in [1.807, 2.05) is 0 Å². The maximum absolute atomic E-state index is 3.32. The second kappa shape index (κ2) is 5.13. The Kier molecular flexibility index (Phi) is 4.39. The van der Waals surface area contributed by atoms with Crippen LogP contribution < -0.4 is 5.32 Å². The average molecular weight is 198 g/mol. The maximum atomic E-state index is 3.32. The molecule has 2 unspecified atom stereocenters. The van der Waals surface area contributed by atoms with Crippen LogP contribution in [0.1, 0.15) is 33.6 Å². The average Bonchev–Trinajstić information content (AvgIpc) is 2.51. The molecule has 2 nitrogen and oxygen atoms in total. The van der Waals surface area contributed by atoms with Gasteiger partial charge in [-0.25, -0.2) is 0 Å². The van der Waals surface area contributed by atoms with E-state index < -0.39 is 0 Å². The summed E-state index contributed by atoms with van der Waals surface area (Å²) in [6.07, 6.45) is 2.65. The fourth-order valence-electron chi connectivity index (χ4n) is 2.43. The van der Waals surface area contributed by atoms with Crippen LogP contribution in [0.2, 0.25) is 0 Å². The summed E-state index contributed by atoms with van der Waals surface area (Å²) in [7, 11) is 2.06. The molecule has 1 saturated heterocycles. The van der Waals surface area contributed by atoms with Crippen LogP contribution in [0, 0.1) is 11.3 Å². The van der Waals surface area contributed by atoms with E-state index in [9.17, 15) is 0 Å². The molecule has 0 aromatic carbocycles. The summed E-state index contributed by atoms with van der Waals surface area (Å²) in [6, 6.07) is 0. The monoisotopic (exact) mass is 198 g/mol. The highest BCUT2D eigenvalue weighted by molar-refractivity contribution is 4.82. The van der Waals surface area contributed by atoms with Crippen LogP contribution in [0.4, 0.5) is 0 Å². The molecule has 1 fully saturated rings. The van der Waals surface area contributed by atoms with Gasteiger partial charge in [-0.2, -0.15) is 0 Å². The van der Waals surface area contributed by atoms with Crippen molar-refractivity contribution in [2.75, 3.05) is 33.2 Å². The Morgan fingerprint density at radius 1 is 1.50 bits per heavy atom. The highest BCUT2D eigenvalue weighted by Crippen LogP contribution is 2.25. The van der Waals surface area contributed by atoms with Crippen LogP contribution >= 0.6 is 0 Å². The van der Waals surface area contributed by atoms with E-state index in [0.717, 1.165) is 12.5 Å². The fourth-order valence-corrected chi connectivity index (χ4v) is 2.43. The van der Waals surface area contributed by atoms with Gasteiger partial charge in [-0.1, -0.05) is 20.8 Å². The molecule has 2 atom stereocenters. The van der Waals surface area contributed by atoms with Gasteiger partial charge in [0, 0.05) is 19.6 Å². The van der Waals surface area contributed by atoms with E-state index in [0.29, 0.717) is 5.41 Å². The van der Waals surface area contributed by atoms with E-state index in [4.69, 9.17) is 0 Å². The molecular weight excluding hydrogens is 172 g/mol. The molecule has 0 aliphatic carbocycles. The van der Waals surface area contributed by atoms with E-state index >= 15 is 0 Å². The van der Waals surface area contributed by atoms with Gasteiger partial charge in [0.2, 0.25) is 0 Å². The highest BCUT2D eigenvalue weighted by atomic mass is 15.2. The number of hydrogen-bond donors (Lipinski definition) is 1.